The molecule has 0 aromatic heterocycles. The Hall–Kier alpha value is -2.37. The predicted molar refractivity (Wildman–Crippen MR) is 64.9 cm³/mol. The molecule has 0 aliphatic carbocycles. The van der Waals surface area contributed by atoms with Crippen LogP contribution in [0.3, 0.4) is 0 Å². The van der Waals surface area contributed by atoms with Gasteiger partial charge in [0, 0.05) is 12.8 Å². The minimum Gasteiger partial charge on any atom is -0.492 e. The Bertz CT molecular complexity index is 510. The third-order valence-corrected chi connectivity index (χ3v) is 2.82. The lowest BCUT2D eigenvalue weighted by Crippen LogP contribution is -2.33. The number of benzene rings is 1. The fourth-order valence-corrected chi connectivity index (χ4v) is 1.85. The van der Waals surface area contributed by atoms with Crippen molar-refractivity contribution < 1.29 is 24.2 Å². The van der Waals surface area contributed by atoms with E-state index in [1.165, 1.54) is 17.0 Å². The molecule has 2 amide bonds. The number of aromatic carboxylic acids is 1. The highest BCUT2D eigenvalue weighted by Crippen LogP contribution is 2.14. The minimum atomic E-state index is -1.03. The molecule has 0 unspecified atom stereocenters. The van der Waals surface area contributed by atoms with E-state index in [0.29, 0.717) is 5.75 Å². The van der Waals surface area contributed by atoms with E-state index in [9.17, 15) is 14.4 Å². The molecule has 2 rings (SSSR count). The summed E-state index contributed by atoms with van der Waals surface area (Å²) in [6, 6.07) is 6.06. The van der Waals surface area contributed by atoms with Gasteiger partial charge in [-0.05, 0) is 18.2 Å². The molecule has 6 nitrogen and oxygen atoms in total. The fraction of sp³-hybridized carbons (Fsp3) is 0.308. The first-order chi connectivity index (χ1) is 9.08. The zero-order chi connectivity index (χ0) is 13.8. The highest BCUT2D eigenvalue weighted by atomic mass is 16.5. The van der Waals surface area contributed by atoms with Crippen LogP contribution in [0.5, 0.6) is 5.75 Å². The van der Waals surface area contributed by atoms with E-state index in [2.05, 4.69) is 0 Å². The lowest BCUT2D eigenvalue weighted by atomic mass is 10.2. The van der Waals surface area contributed by atoms with Gasteiger partial charge in [-0.1, -0.05) is 6.07 Å². The monoisotopic (exact) mass is 263 g/mol. The number of imide groups is 1. The second kappa shape index (κ2) is 5.51. The molecule has 1 N–H and O–H groups in total. The van der Waals surface area contributed by atoms with Crippen molar-refractivity contribution in [2.75, 3.05) is 13.2 Å². The SMILES string of the molecule is O=C(O)c1cccc(OCCN2C(=O)CCC2=O)c1. The van der Waals surface area contributed by atoms with E-state index in [4.69, 9.17) is 9.84 Å². The van der Waals surface area contributed by atoms with E-state index >= 15 is 0 Å². The predicted octanol–water partition coefficient (Wildman–Crippen LogP) is 0.913. The van der Waals surface area contributed by atoms with E-state index in [1.54, 1.807) is 12.1 Å². The normalized spacial score (nSPS) is 14.8. The fourth-order valence-electron chi connectivity index (χ4n) is 1.85. The van der Waals surface area contributed by atoms with Crippen molar-refractivity contribution >= 4 is 17.8 Å². The van der Waals surface area contributed by atoms with Gasteiger partial charge in [0.15, 0.2) is 0 Å². The van der Waals surface area contributed by atoms with Crippen molar-refractivity contribution in [1.82, 2.24) is 4.90 Å². The smallest absolute Gasteiger partial charge is 0.335 e. The van der Waals surface area contributed by atoms with Crippen LogP contribution in [0.15, 0.2) is 24.3 Å². The zero-order valence-electron chi connectivity index (χ0n) is 10.2. The van der Waals surface area contributed by atoms with Gasteiger partial charge in [0.1, 0.15) is 12.4 Å². The summed E-state index contributed by atoms with van der Waals surface area (Å²) in [4.78, 5) is 34.6. The molecule has 0 atom stereocenters. The summed E-state index contributed by atoms with van der Waals surface area (Å²) in [7, 11) is 0. The van der Waals surface area contributed by atoms with Crippen molar-refractivity contribution in [3.05, 3.63) is 29.8 Å². The molecule has 1 fully saturated rings. The molecule has 0 radical (unpaired) electrons. The second-order valence-corrected chi connectivity index (χ2v) is 4.12. The van der Waals surface area contributed by atoms with Crippen molar-refractivity contribution in [2.45, 2.75) is 12.8 Å². The van der Waals surface area contributed by atoms with E-state index in [-0.39, 0.29) is 43.4 Å². The number of amides is 2. The van der Waals surface area contributed by atoms with Gasteiger partial charge in [-0.25, -0.2) is 4.79 Å². The maximum absolute atomic E-state index is 11.3. The Morgan fingerprint density at radius 2 is 1.95 bits per heavy atom. The quantitative estimate of drug-likeness (QED) is 0.798. The lowest BCUT2D eigenvalue weighted by molar-refractivity contribution is -0.138. The molecule has 19 heavy (non-hydrogen) atoms. The van der Waals surface area contributed by atoms with Gasteiger partial charge in [0.2, 0.25) is 11.8 Å². The average Bonchev–Trinajstić information content (AvgIpc) is 2.71. The number of hydrogen-bond acceptors (Lipinski definition) is 4. The van der Waals surface area contributed by atoms with Crippen LogP contribution in [0, 0.1) is 0 Å². The van der Waals surface area contributed by atoms with Gasteiger partial charge in [-0.15, -0.1) is 0 Å². The Balaban J connectivity index is 1.89. The number of hydrogen-bond donors (Lipinski definition) is 1. The highest BCUT2D eigenvalue weighted by molar-refractivity contribution is 6.01. The maximum Gasteiger partial charge on any atom is 0.335 e. The minimum absolute atomic E-state index is 0.130. The third-order valence-electron chi connectivity index (χ3n) is 2.82. The standard InChI is InChI=1S/C13H13NO5/c15-11-4-5-12(16)14(11)6-7-19-10-3-1-2-9(8-10)13(17)18/h1-3,8H,4-7H2,(H,17,18). The summed E-state index contributed by atoms with van der Waals surface area (Å²) in [5.41, 5.74) is 0.130. The molecule has 6 heteroatoms. The summed E-state index contributed by atoms with van der Waals surface area (Å²) in [5, 5.41) is 8.82. The number of likely N-dealkylation sites (tertiary alicyclic amines) is 1. The molecule has 0 saturated carbocycles. The van der Waals surface area contributed by atoms with Crippen LogP contribution in [0.2, 0.25) is 0 Å². The van der Waals surface area contributed by atoms with E-state index in [0.717, 1.165) is 0 Å². The molecule has 1 aliphatic rings. The number of carboxylic acid groups (broad SMARTS) is 1. The van der Waals surface area contributed by atoms with Gasteiger partial charge in [-0.3, -0.25) is 14.5 Å². The molecular weight excluding hydrogens is 250 g/mol. The van der Waals surface area contributed by atoms with E-state index < -0.39 is 5.97 Å². The van der Waals surface area contributed by atoms with Crippen LogP contribution >= 0.6 is 0 Å². The largest absolute Gasteiger partial charge is 0.492 e. The number of ether oxygens (including phenoxy) is 1. The lowest BCUT2D eigenvalue weighted by Gasteiger charge is -2.14. The second-order valence-electron chi connectivity index (χ2n) is 4.12. The first-order valence-electron chi connectivity index (χ1n) is 5.87. The van der Waals surface area contributed by atoms with Crippen LogP contribution in [-0.4, -0.2) is 40.9 Å². The summed E-state index contributed by atoms with van der Waals surface area (Å²) in [5.74, 6) is -1.00. The number of carbonyl (C=O) groups excluding carboxylic acids is 2. The molecule has 1 saturated heterocycles. The first-order valence-corrected chi connectivity index (χ1v) is 5.87. The van der Waals surface area contributed by atoms with Gasteiger partial charge < -0.3 is 9.84 Å². The Kier molecular flexibility index (Phi) is 3.79. The van der Waals surface area contributed by atoms with Gasteiger partial charge in [0.25, 0.3) is 0 Å². The van der Waals surface area contributed by atoms with E-state index in [1.807, 2.05) is 0 Å². The molecule has 1 heterocycles. The molecule has 1 aromatic rings. The Labute approximate surface area is 109 Å². The Morgan fingerprint density at radius 3 is 2.58 bits per heavy atom. The Morgan fingerprint density at radius 1 is 1.26 bits per heavy atom. The highest BCUT2D eigenvalue weighted by Gasteiger charge is 2.28. The molecule has 100 valence electrons. The van der Waals surface area contributed by atoms with Gasteiger partial charge in [-0.2, -0.15) is 0 Å². The molecule has 1 aromatic carbocycles. The van der Waals surface area contributed by atoms with Gasteiger partial charge >= 0.3 is 5.97 Å². The number of nitrogens with zero attached hydrogens (tertiary/aromatic N) is 1. The van der Waals surface area contributed by atoms with Gasteiger partial charge in [0.05, 0.1) is 12.1 Å². The summed E-state index contributed by atoms with van der Waals surface area (Å²) < 4.78 is 5.35. The topological polar surface area (TPSA) is 83.9 Å². The van der Waals surface area contributed by atoms with Crippen molar-refractivity contribution in [3.63, 3.8) is 0 Å². The molecule has 0 bridgehead atoms. The van der Waals surface area contributed by atoms with Crippen LogP contribution in [-0.2, 0) is 9.59 Å². The first kappa shape index (κ1) is 13.1. The van der Waals surface area contributed by atoms with Crippen LogP contribution < -0.4 is 4.74 Å². The zero-order valence-corrected chi connectivity index (χ0v) is 10.2. The molecular formula is C13H13NO5. The number of carbonyl (C=O) groups is 3. The van der Waals surface area contributed by atoms with Crippen molar-refractivity contribution in [3.8, 4) is 5.75 Å². The maximum atomic E-state index is 11.3. The summed E-state index contributed by atoms with van der Waals surface area (Å²) >= 11 is 0. The summed E-state index contributed by atoms with van der Waals surface area (Å²) in [6.45, 7) is 0.343. The van der Waals surface area contributed by atoms with Crippen molar-refractivity contribution in [2.24, 2.45) is 0 Å². The van der Waals surface area contributed by atoms with Crippen LogP contribution in [0.25, 0.3) is 0 Å². The average molecular weight is 263 g/mol. The van der Waals surface area contributed by atoms with Crippen molar-refractivity contribution in [1.29, 1.82) is 0 Å². The molecule has 0 spiro atoms. The third kappa shape index (κ3) is 3.09. The summed E-state index contributed by atoms with van der Waals surface area (Å²) in [6.07, 6.45) is 0.515. The van der Waals surface area contributed by atoms with Crippen LogP contribution in [0.4, 0.5) is 0 Å². The molecule has 1 aliphatic heterocycles. The van der Waals surface area contributed by atoms with Crippen LogP contribution in [0.1, 0.15) is 23.2 Å². The number of rotatable bonds is 5. The number of carboxylic acids is 1.